The van der Waals surface area contributed by atoms with Gasteiger partial charge in [-0.15, -0.1) is 0 Å². The van der Waals surface area contributed by atoms with E-state index in [1.165, 1.54) is 4.90 Å². The van der Waals surface area contributed by atoms with Crippen LogP contribution in [-0.2, 0) is 19.1 Å². The number of nitrogens with zero attached hydrogens (tertiary/aromatic N) is 1. The Hall–Kier alpha value is -2.57. The molecule has 1 fully saturated rings. The zero-order chi connectivity index (χ0) is 21.1. The highest BCUT2D eigenvalue weighted by Crippen LogP contribution is 2.35. The van der Waals surface area contributed by atoms with E-state index in [1.54, 1.807) is 24.3 Å². The van der Waals surface area contributed by atoms with Crippen molar-refractivity contribution in [3.05, 3.63) is 57.6 Å². The Morgan fingerprint density at radius 1 is 1.17 bits per heavy atom. The lowest BCUT2D eigenvalue weighted by Crippen LogP contribution is -2.28. The van der Waals surface area contributed by atoms with Crippen LogP contribution in [0.25, 0.3) is 0 Å². The van der Waals surface area contributed by atoms with E-state index in [1.807, 2.05) is 26.0 Å². The smallest absolute Gasteiger partial charge is 0.311 e. The van der Waals surface area contributed by atoms with E-state index in [9.17, 15) is 14.4 Å². The zero-order valence-corrected chi connectivity index (χ0v) is 17.5. The van der Waals surface area contributed by atoms with Crippen molar-refractivity contribution < 1.29 is 19.1 Å². The van der Waals surface area contributed by atoms with E-state index in [0.717, 1.165) is 11.1 Å². The lowest BCUT2D eigenvalue weighted by atomic mass is 10.1. The lowest BCUT2D eigenvalue weighted by molar-refractivity contribution is -0.151. The highest BCUT2D eigenvalue weighted by Gasteiger charge is 2.37. The van der Waals surface area contributed by atoms with Crippen molar-refractivity contribution in [3.63, 3.8) is 0 Å². The van der Waals surface area contributed by atoms with Gasteiger partial charge < -0.3 is 15.0 Å². The number of halogens is 2. The van der Waals surface area contributed by atoms with Gasteiger partial charge in [-0.2, -0.15) is 0 Å². The molecule has 3 rings (SSSR count). The van der Waals surface area contributed by atoms with Crippen molar-refractivity contribution in [2.45, 2.75) is 20.3 Å². The summed E-state index contributed by atoms with van der Waals surface area (Å²) in [5, 5.41) is 3.27. The van der Waals surface area contributed by atoms with Crippen LogP contribution in [0.15, 0.2) is 36.4 Å². The van der Waals surface area contributed by atoms with Crippen LogP contribution in [0.1, 0.15) is 17.5 Å². The molecule has 152 valence electrons. The number of aryl methyl sites for hydroxylation is 2. The number of hydrogen-bond acceptors (Lipinski definition) is 4. The number of nitrogens with one attached hydrogen (secondary N) is 1. The quantitative estimate of drug-likeness (QED) is 0.717. The summed E-state index contributed by atoms with van der Waals surface area (Å²) in [6, 6.07) is 10.5. The monoisotopic (exact) mass is 434 g/mol. The third-order valence-corrected chi connectivity index (χ3v) is 5.63. The largest absolute Gasteiger partial charge is 0.455 e. The SMILES string of the molecule is Cc1ccc(NC(=O)COC(=O)[C@@H]2CC(=O)N(c3cccc(Cl)c3Cl)C2)cc1C. The Kier molecular flexibility index (Phi) is 6.45. The number of carbonyl (C=O) groups excluding carboxylic acids is 3. The number of esters is 1. The second-order valence-corrected chi connectivity index (χ2v) is 7.72. The number of carbonyl (C=O) groups is 3. The predicted octanol–water partition coefficient (Wildman–Crippen LogP) is 4.15. The maximum Gasteiger partial charge on any atom is 0.311 e. The standard InChI is InChI=1S/C21H20Cl2N2O4/c1-12-6-7-15(8-13(12)2)24-18(26)11-29-21(28)14-9-19(27)25(10-14)17-5-3-4-16(22)20(17)23/h3-8,14H,9-11H2,1-2H3,(H,24,26)/t14-/m1/s1. The van der Waals surface area contributed by atoms with Gasteiger partial charge in [0.25, 0.3) is 5.91 Å². The minimum Gasteiger partial charge on any atom is -0.455 e. The summed E-state index contributed by atoms with van der Waals surface area (Å²) in [5.74, 6) is -1.97. The molecule has 0 radical (unpaired) electrons. The van der Waals surface area contributed by atoms with Crippen LogP contribution in [0.2, 0.25) is 10.0 Å². The van der Waals surface area contributed by atoms with E-state index >= 15 is 0 Å². The molecular formula is C21H20Cl2N2O4. The zero-order valence-electron chi connectivity index (χ0n) is 16.0. The van der Waals surface area contributed by atoms with Gasteiger partial charge in [0.05, 0.1) is 21.7 Å². The first-order chi connectivity index (χ1) is 13.8. The van der Waals surface area contributed by atoms with Gasteiger partial charge in [-0.1, -0.05) is 35.3 Å². The van der Waals surface area contributed by atoms with Crippen molar-refractivity contribution in [1.82, 2.24) is 0 Å². The summed E-state index contributed by atoms with van der Waals surface area (Å²) < 4.78 is 5.11. The number of hydrogen-bond donors (Lipinski definition) is 1. The van der Waals surface area contributed by atoms with Gasteiger partial charge in [0.15, 0.2) is 6.61 Å². The van der Waals surface area contributed by atoms with E-state index in [0.29, 0.717) is 16.4 Å². The number of anilines is 2. The third kappa shape index (κ3) is 4.89. The molecule has 1 saturated heterocycles. The van der Waals surface area contributed by atoms with Crippen LogP contribution in [0.3, 0.4) is 0 Å². The third-order valence-electron chi connectivity index (χ3n) is 4.82. The van der Waals surface area contributed by atoms with Crippen molar-refractivity contribution in [1.29, 1.82) is 0 Å². The first-order valence-corrected chi connectivity index (χ1v) is 9.80. The molecule has 1 aliphatic heterocycles. The molecule has 1 heterocycles. The van der Waals surface area contributed by atoms with Crippen LogP contribution in [0.5, 0.6) is 0 Å². The molecule has 2 aromatic carbocycles. The molecule has 1 N–H and O–H groups in total. The van der Waals surface area contributed by atoms with E-state index in [4.69, 9.17) is 27.9 Å². The molecule has 2 amide bonds. The van der Waals surface area contributed by atoms with Gasteiger partial charge in [0, 0.05) is 18.7 Å². The van der Waals surface area contributed by atoms with Crippen molar-refractivity contribution in [2.24, 2.45) is 5.92 Å². The minimum absolute atomic E-state index is 0.0134. The van der Waals surface area contributed by atoms with Gasteiger partial charge >= 0.3 is 5.97 Å². The topological polar surface area (TPSA) is 75.7 Å². The molecule has 8 heteroatoms. The number of benzene rings is 2. The molecule has 0 saturated carbocycles. The average molecular weight is 435 g/mol. The van der Waals surface area contributed by atoms with Gasteiger partial charge in [-0.05, 0) is 49.2 Å². The number of amides is 2. The Bertz CT molecular complexity index is 977. The maximum absolute atomic E-state index is 12.3. The lowest BCUT2D eigenvalue weighted by Gasteiger charge is -2.18. The number of ether oxygens (including phenoxy) is 1. The Morgan fingerprint density at radius 2 is 1.93 bits per heavy atom. The van der Waals surface area contributed by atoms with E-state index < -0.39 is 24.4 Å². The molecule has 0 aromatic heterocycles. The van der Waals surface area contributed by atoms with Gasteiger partial charge in [-0.3, -0.25) is 14.4 Å². The van der Waals surface area contributed by atoms with E-state index in [-0.39, 0.29) is 23.9 Å². The Labute approximate surface area is 178 Å². The van der Waals surface area contributed by atoms with Gasteiger partial charge in [-0.25, -0.2) is 0 Å². The summed E-state index contributed by atoms with van der Waals surface area (Å²) in [5.41, 5.74) is 3.24. The Balaban J connectivity index is 1.56. The van der Waals surface area contributed by atoms with Crippen LogP contribution >= 0.6 is 23.2 Å². The highest BCUT2D eigenvalue weighted by molar-refractivity contribution is 6.44. The molecule has 0 bridgehead atoms. The van der Waals surface area contributed by atoms with E-state index in [2.05, 4.69) is 5.32 Å². The fraction of sp³-hybridized carbons (Fsp3) is 0.286. The minimum atomic E-state index is -0.674. The molecule has 6 nitrogen and oxygen atoms in total. The summed E-state index contributed by atoms with van der Waals surface area (Å²) in [7, 11) is 0. The average Bonchev–Trinajstić information content (AvgIpc) is 3.06. The molecular weight excluding hydrogens is 415 g/mol. The molecule has 29 heavy (non-hydrogen) atoms. The fourth-order valence-corrected chi connectivity index (χ4v) is 3.47. The number of rotatable bonds is 5. The first kappa shape index (κ1) is 21.1. The summed E-state index contributed by atoms with van der Waals surface area (Å²) in [4.78, 5) is 38.1. The van der Waals surface area contributed by atoms with Crippen LogP contribution in [0, 0.1) is 19.8 Å². The Morgan fingerprint density at radius 3 is 2.66 bits per heavy atom. The highest BCUT2D eigenvalue weighted by atomic mass is 35.5. The second kappa shape index (κ2) is 8.84. The van der Waals surface area contributed by atoms with Crippen molar-refractivity contribution in [3.8, 4) is 0 Å². The van der Waals surface area contributed by atoms with Crippen molar-refractivity contribution in [2.75, 3.05) is 23.4 Å². The first-order valence-electron chi connectivity index (χ1n) is 9.04. The molecule has 0 unspecified atom stereocenters. The fourth-order valence-electron chi connectivity index (χ4n) is 3.07. The van der Waals surface area contributed by atoms with Gasteiger partial charge in [0.1, 0.15) is 0 Å². The van der Waals surface area contributed by atoms with Gasteiger partial charge in [0.2, 0.25) is 5.91 Å². The van der Waals surface area contributed by atoms with Crippen molar-refractivity contribution >= 4 is 52.4 Å². The van der Waals surface area contributed by atoms with Crippen LogP contribution in [0.4, 0.5) is 11.4 Å². The van der Waals surface area contributed by atoms with Crippen LogP contribution in [-0.4, -0.2) is 30.9 Å². The summed E-state index contributed by atoms with van der Waals surface area (Å²) in [6.45, 7) is 3.62. The molecule has 0 spiro atoms. The predicted molar refractivity (Wildman–Crippen MR) is 112 cm³/mol. The maximum atomic E-state index is 12.3. The molecule has 1 atom stereocenters. The molecule has 0 aliphatic carbocycles. The molecule has 2 aromatic rings. The molecule has 1 aliphatic rings. The summed E-state index contributed by atoms with van der Waals surface area (Å²) in [6.07, 6.45) is -0.0134. The van der Waals surface area contributed by atoms with Crippen LogP contribution < -0.4 is 10.2 Å². The normalized spacial score (nSPS) is 16.1. The summed E-state index contributed by atoms with van der Waals surface area (Å²) >= 11 is 12.2. The second-order valence-electron chi connectivity index (χ2n) is 6.93.